The minimum absolute atomic E-state index is 0.00989. The van der Waals surface area contributed by atoms with Crippen LogP contribution in [0, 0.1) is 0 Å². The zero-order chi connectivity index (χ0) is 28.3. The number of hydrogen-bond acceptors (Lipinski definition) is 6. The van der Waals surface area contributed by atoms with E-state index in [0.717, 1.165) is 52.9 Å². The number of likely N-dealkylation sites (N-methyl/N-ethyl adjacent to an activating group) is 1. The molecule has 1 heterocycles. The molecule has 1 fully saturated rings. The van der Waals surface area contributed by atoms with Crippen LogP contribution >= 0.6 is 0 Å². The maximum absolute atomic E-state index is 11.8. The van der Waals surface area contributed by atoms with Crippen molar-refractivity contribution in [2.45, 2.75) is 38.1 Å². The van der Waals surface area contributed by atoms with Gasteiger partial charge in [0.15, 0.2) is 6.29 Å². The summed E-state index contributed by atoms with van der Waals surface area (Å²) in [5, 5.41) is 12.2. The minimum Gasteiger partial charge on any atom is -0.445 e. The average molecular weight is 543 g/mol. The van der Waals surface area contributed by atoms with E-state index in [1.165, 1.54) is 6.08 Å². The van der Waals surface area contributed by atoms with Crippen LogP contribution in [0.15, 0.2) is 98.1 Å². The molecule has 0 aromatic heterocycles. The Hall–Kier alpha value is -3.75. The fourth-order valence-electron chi connectivity index (χ4n) is 4.76. The highest BCUT2D eigenvalue weighted by molar-refractivity contribution is 5.68. The van der Waals surface area contributed by atoms with Gasteiger partial charge in [-0.25, -0.2) is 4.79 Å². The molecule has 7 nitrogen and oxygen atoms in total. The maximum atomic E-state index is 11.8. The van der Waals surface area contributed by atoms with Crippen molar-refractivity contribution in [2.75, 3.05) is 26.7 Å². The Kier molecular flexibility index (Phi) is 10.7. The Morgan fingerprint density at radius 3 is 2.48 bits per heavy atom. The SMILES string of the molecule is C=CCOC(=O)NCc1cccc(-c2cccc(C3OC(CN(C)CC=C)CC(c4ccc(CO)cc4)O3)c2)c1. The van der Waals surface area contributed by atoms with Crippen molar-refractivity contribution in [3.8, 4) is 11.1 Å². The number of alkyl carbamates (subject to hydrolysis) is 1. The second-order valence-electron chi connectivity index (χ2n) is 9.93. The number of ether oxygens (including phenoxy) is 3. The number of carbonyl (C=O) groups excluding carboxylic acids is 1. The number of carbonyl (C=O) groups is 1. The zero-order valence-electron chi connectivity index (χ0n) is 23.0. The predicted octanol–water partition coefficient (Wildman–Crippen LogP) is 5.92. The maximum Gasteiger partial charge on any atom is 0.407 e. The van der Waals surface area contributed by atoms with Crippen LogP contribution in [-0.2, 0) is 27.4 Å². The Balaban J connectivity index is 1.53. The van der Waals surface area contributed by atoms with Gasteiger partial charge < -0.3 is 29.5 Å². The van der Waals surface area contributed by atoms with Crippen molar-refractivity contribution < 1.29 is 24.1 Å². The standard InChI is InChI=1S/C33H38N2O5/c1-4-16-35(3)22-30-20-31(26-14-12-24(23-36)13-15-26)40-32(39-30)29-11-7-10-28(19-29)27-9-6-8-25(18-27)21-34-33(37)38-17-5-2/h4-15,18-19,30-32,36H,1-2,16-17,20-23H2,3H3,(H,34,37). The summed E-state index contributed by atoms with van der Waals surface area (Å²) in [6, 6.07) is 24.1. The largest absolute Gasteiger partial charge is 0.445 e. The fraction of sp³-hybridized carbons (Fsp3) is 0.303. The van der Waals surface area contributed by atoms with Gasteiger partial charge in [0, 0.05) is 31.6 Å². The first-order chi connectivity index (χ1) is 19.5. The van der Waals surface area contributed by atoms with E-state index in [1.807, 2.05) is 66.7 Å². The molecule has 1 aliphatic rings. The van der Waals surface area contributed by atoms with Crippen LogP contribution in [-0.4, -0.2) is 48.9 Å². The van der Waals surface area contributed by atoms with Crippen molar-refractivity contribution in [1.82, 2.24) is 10.2 Å². The second kappa shape index (κ2) is 14.6. The summed E-state index contributed by atoms with van der Waals surface area (Å²) in [4.78, 5) is 14.0. The third-order valence-electron chi connectivity index (χ3n) is 6.76. The van der Waals surface area contributed by atoms with E-state index in [4.69, 9.17) is 14.2 Å². The molecule has 40 heavy (non-hydrogen) atoms. The van der Waals surface area contributed by atoms with E-state index in [0.29, 0.717) is 6.54 Å². The van der Waals surface area contributed by atoms with E-state index in [2.05, 4.69) is 42.6 Å². The van der Waals surface area contributed by atoms with Crippen molar-refractivity contribution in [1.29, 1.82) is 0 Å². The molecule has 4 rings (SSSR count). The molecule has 0 bridgehead atoms. The van der Waals surface area contributed by atoms with E-state index < -0.39 is 12.4 Å². The van der Waals surface area contributed by atoms with Crippen molar-refractivity contribution in [2.24, 2.45) is 0 Å². The van der Waals surface area contributed by atoms with Crippen molar-refractivity contribution in [3.63, 3.8) is 0 Å². The molecule has 3 aromatic carbocycles. The Bertz CT molecular complexity index is 1280. The quantitative estimate of drug-likeness (QED) is 0.277. The lowest BCUT2D eigenvalue weighted by Crippen LogP contribution is -2.37. The van der Waals surface area contributed by atoms with Gasteiger partial charge in [-0.2, -0.15) is 0 Å². The van der Waals surface area contributed by atoms with Crippen LogP contribution in [0.1, 0.15) is 41.1 Å². The van der Waals surface area contributed by atoms with Crippen LogP contribution in [0.5, 0.6) is 0 Å². The molecule has 2 N–H and O–H groups in total. The third-order valence-corrected chi connectivity index (χ3v) is 6.76. The highest BCUT2D eigenvalue weighted by Crippen LogP contribution is 2.39. The molecule has 0 spiro atoms. The number of rotatable bonds is 12. The summed E-state index contributed by atoms with van der Waals surface area (Å²) in [7, 11) is 2.06. The topological polar surface area (TPSA) is 80.3 Å². The van der Waals surface area contributed by atoms with Crippen LogP contribution in [0.3, 0.4) is 0 Å². The van der Waals surface area contributed by atoms with E-state index in [-0.39, 0.29) is 25.4 Å². The number of nitrogens with zero attached hydrogens (tertiary/aromatic N) is 1. The minimum atomic E-state index is -0.539. The van der Waals surface area contributed by atoms with Crippen LogP contribution in [0.4, 0.5) is 4.79 Å². The first-order valence-corrected chi connectivity index (χ1v) is 13.5. The lowest BCUT2D eigenvalue weighted by molar-refractivity contribution is -0.252. The van der Waals surface area contributed by atoms with Crippen LogP contribution in [0.25, 0.3) is 11.1 Å². The number of benzene rings is 3. The molecular formula is C33H38N2O5. The van der Waals surface area contributed by atoms with Gasteiger partial charge in [0.05, 0.1) is 18.8 Å². The molecule has 3 aromatic rings. The molecule has 1 aliphatic heterocycles. The fourth-order valence-corrected chi connectivity index (χ4v) is 4.76. The zero-order valence-corrected chi connectivity index (χ0v) is 23.0. The second-order valence-corrected chi connectivity index (χ2v) is 9.93. The third kappa shape index (κ3) is 8.13. The Morgan fingerprint density at radius 1 is 1.00 bits per heavy atom. The summed E-state index contributed by atoms with van der Waals surface area (Å²) in [5.41, 5.74) is 5.87. The van der Waals surface area contributed by atoms with Crippen molar-refractivity contribution >= 4 is 6.09 Å². The van der Waals surface area contributed by atoms with Gasteiger partial charge >= 0.3 is 6.09 Å². The van der Waals surface area contributed by atoms with E-state index in [1.54, 1.807) is 0 Å². The summed E-state index contributed by atoms with van der Waals surface area (Å²) >= 11 is 0. The van der Waals surface area contributed by atoms with Gasteiger partial charge in [-0.15, -0.1) is 6.58 Å². The predicted molar refractivity (Wildman–Crippen MR) is 156 cm³/mol. The lowest BCUT2D eigenvalue weighted by Gasteiger charge is -2.37. The summed E-state index contributed by atoms with van der Waals surface area (Å²) < 4.78 is 18.0. The van der Waals surface area contributed by atoms with Gasteiger partial charge in [0.1, 0.15) is 6.61 Å². The summed E-state index contributed by atoms with van der Waals surface area (Å²) in [6.45, 7) is 9.46. The van der Waals surface area contributed by atoms with E-state index in [9.17, 15) is 9.90 Å². The van der Waals surface area contributed by atoms with Gasteiger partial charge in [-0.1, -0.05) is 79.4 Å². The van der Waals surface area contributed by atoms with Crippen LogP contribution < -0.4 is 5.32 Å². The molecule has 0 radical (unpaired) electrons. The van der Waals surface area contributed by atoms with Gasteiger partial charge in [0.25, 0.3) is 0 Å². The molecule has 7 heteroatoms. The van der Waals surface area contributed by atoms with Gasteiger partial charge in [-0.3, -0.25) is 0 Å². The summed E-state index contributed by atoms with van der Waals surface area (Å²) in [5.74, 6) is 0. The first kappa shape index (κ1) is 29.2. The number of aliphatic hydroxyl groups is 1. The molecular weight excluding hydrogens is 504 g/mol. The first-order valence-electron chi connectivity index (χ1n) is 13.5. The molecule has 1 amide bonds. The lowest BCUT2D eigenvalue weighted by atomic mass is 9.98. The number of nitrogens with one attached hydrogen (secondary N) is 1. The monoisotopic (exact) mass is 542 g/mol. The Morgan fingerprint density at radius 2 is 1.75 bits per heavy atom. The highest BCUT2D eigenvalue weighted by atomic mass is 16.7. The summed E-state index contributed by atoms with van der Waals surface area (Å²) in [6.07, 6.45) is 2.94. The molecule has 0 aliphatic carbocycles. The van der Waals surface area contributed by atoms with Gasteiger partial charge in [-0.05, 0) is 47.0 Å². The molecule has 3 unspecified atom stereocenters. The molecule has 1 saturated heterocycles. The normalized spacial score (nSPS) is 18.7. The Labute approximate surface area is 236 Å². The van der Waals surface area contributed by atoms with E-state index >= 15 is 0 Å². The van der Waals surface area contributed by atoms with Crippen LogP contribution in [0.2, 0.25) is 0 Å². The van der Waals surface area contributed by atoms with Crippen molar-refractivity contribution in [3.05, 3.63) is 120 Å². The van der Waals surface area contributed by atoms with Gasteiger partial charge in [0.2, 0.25) is 0 Å². The number of amides is 1. The molecule has 0 saturated carbocycles. The highest BCUT2D eigenvalue weighted by Gasteiger charge is 2.32. The molecule has 3 atom stereocenters. The number of aliphatic hydroxyl groups excluding tert-OH is 1. The number of hydrogen-bond donors (Lipinski definition) is 2. The molecule has 210 valence electrons. The average Bonchev–Trinajstić information content (AvgIpc) is 2.99. The smallest absolute Gasteiger partial charge is 0.407 e.